The third kappa shape index (κ3) is 6.10. The van der Waals surface area contributed by atoms with Crippen LogP contribution in [0.3, 0.4) is 0 Å². The summed E-state index contributed by atoms with van der Waals surface area (Å²) in [5.74, 6) is -0.455. The summed E-state index contributed by atoms with van der Waals surface area (Å²) in [5, 5.41) is 10.9. The maximum atomic E-state index is 11.2. The Kier molecular flexibility index (Phi) is 8.36. The summed E-state index contributed by atoms with van der Waals surface area (Å²) in [7, 11) is 1.50. The minimum absolute atomic E-state index is 0.104. The lowest BCUT2D eigenvalue weighted by atomic mass is 9.98. The van der Waals surface area contributed by atoms with Crippen LogP contribution in [0, 0.1) is 0 Å². The quantitative estimate of drug-likeness (QED) is 0.629. The van der Waals surface area contributed by atoms with Gasteiger partial charge in [-0.25, -0.2) is 0 Å². The van der Waals surface area contributed by atoms with Gasteiger partial charge in [-0.15, -0.1) is 0 Å². The minimum Gasteiger partial charge on any atom is -0.463 e. The van der Waals surface area contributed by atoms with Crippen LogP contribution in [-0.2, 0) is 41.7 Å². The van der Waals surface area contributed by atoms with Gasteiger partial charge in [-0.2, -0.15) is 0 Å². The van der Waals surface area contributed by atoms with E-state index in [1.807, 2.05) is 60.7 Å². The van der Waals surface area contributed by atoms with E-state index in [-0.39, 0.29) is 13.2 Å². The summed E-state index contributed by atoms with van der Waals surface area (Å²) in [6.45, 7) is 1.79. The molecular weight excluding hydrogens is 388 g/mol. The molecule has 1 fully saturated rings. The zero-order chi connectivity index (χ0) is 21.3. The molecule has 5 atom stereocenters. The number of hydrogen-bond acceptors (Lipinski definition) is 7. The first-order valence-electron chi connectivity index (χ1n) is 9.89. The standard InChI is InChI=1S/C23H28O7/c1-16(24)27-15-19-20(25)21(28-13-17-9-5-3-6-10-17)22(23(26-2)30-19)29-14-18-11-7-4-8-12-18/h3-12,19-23,25H,13-15H2,1-2H3/t19-,20+,21+,22-,23+/m1/s1. The fourth-order valence-electron chi connectivity index (χ4n) is 3.32. The number of esters is 1. The average Bonchev–Trinajstić information content (AvgIpc) is 2.77. The largest absolute Gasteiger partial charge is 0.463 e. The Morgan fingerprint density at radius 3 is 1.97 bits per heavy atom. The highest BCUT2D eigenvalue weighted by molar-refractivity contribution is 5.65. The second-order valence-electron chi connectivity index (χ2n) is 7.09. The van der Waals surface area contributed by atoms with Gasteiger partial charge in [0.1, 0.15) is 31.0 Å². The SMILES string of the molecule is CO[C@H]1O[C@H](COC(C)=O)[C@H](O)[C@H](OCc2ccccc2)[C@H]1OCc1ccccc1. The van der Waals surface area contributed by atoms with E-state index in [2.05, 4.69) is 0 Å². The van der Waals surface area contributed by atoms with Crippen molar-refractivity contribution < 1.29 is 33.6 Å². The second kappa shape index (κ2) is 11.2. The molecule has 0 aliphatic carbocycles. The monoisotopic (exact) mass is 416 g/mol. The van der Waals surface area contributed by atoms with Crippen LogP contribution in [0.5, 0.6) is 0 Å². The molecule has 2 aromatic carbocycles. The van der Waals surface area contributed by atoms with Gasteiger partial charge in [-0.1, -0.05) is 60.7 Å². The lowest BCUT2D eigenvalue weighted by molar-refractivity contribution is -0.314. The Hall–Kier alpha value is -2.29. The number of aliphatic hydroxyl groups is 1. The first kappa shape index (κ1) is 22.4. The molecule has 1 aliphatic heterocycles. The molecule has 1 heterocycles. The van der Waals surface area contributed by atoms with E-state index in [1.54, 1.807) is 0 Å². The minimum atomic E-state index is -1.07. The molecule has 3 rings (SSSR count). The van der Waals surface area contributed by atoms with Crippen LogP contribution in [0.1, 0.15) is 18.1 Å². The Morgan fingerprint density at radius 2 is 1.47 bits per heavy atom. The number of ether oxygens (including phenoxy) is 5. The summed E-state index contributed by atoms with van der Waals surface area (Å²) in [4.78, 5) is 11.2. The molecule has 7 nitrogen and oxygen atoms in total. The van der Waals surface area contributed by atoms with Crippen molar-refractivity contribution in [1.82, 2.24) is 0 Å². The molecule has 2 aromatic rings. The van der Waals surface area contributed by atoms with Crippen LogP contribution in [-0.4, -0.2) is 55.5 Å². The van der Waals surface area contributed by atoms with Crippen molar-refractivity contribution in [3.05, 3.63) is 71.8 Å². The van der Waals surface area contributed by atoms with Gasteiger partial charge in [0.25, 0.3) is 0 Å². The molecule has 0 amide bonds. The molecule has 1 N–H and O–H groups in total. The molecule has 162 valence electrons. The van der Waals surface area contributed by atoms with Gasteiger partial charge in [0.2, 0.25) is 0 Å². The van der Waals surface area contributed by atoms with E-state index in [1.165, 1.54) is 14.0 Å². The van der Waals surface area contributed by atoms with Crippen LogP contribution in [0.15, 0.2) is 60.7 Å². The van der Waals surface area contributed by atoms with E-state index in [9.17, 15) is 9.90 Å². The predicted molar refractivity (Wildman–Crippen MR) is 108 cm³/mol. The molecule has 0 unspecified atom stereocenters. The molecule has 30 heavy (non-hydrogen) atoms. The van der Waals surface area contributed by atoms with Crippen molar-refractivity contribution in [2.45, 2.75) is 50.8 Å². The van der Waals surface area contributed by atoms with E-state index < -0.39 is 36.7 Å². The number of hydrogen-bond donors (Lipinski definition) is 1. The summed E-state index contributed by atoms with van der Waals surface area (Å²) in [5.41, 5.74) is 1.94. The lowest BCUT2D eigenvalue weighted by Gasteiger charge is -2.43. The fraction of sp³-hybridized carbons (Fsp3) is 0.435. The third-order valence-corrected chi connectivity index (χ3v) is 4.87. The average molecular weight is 416 g/mol. The first-order chi connectivity index (χ1) is 14.6. The van der Waals surface area contributed by atoms with Gasteiger partial charge in [-0.3, -0.25) is 4.79 Å². The summed E-state index contributed by atoms with van der Waals surface area (Å²) in [6.07, 6.45) is -4.08. The lowest BCUT2D eigenvalue weighted by Crippen LogP contribution is -2.60. The van der Waals surface area contributed by atoms with Crippen molar-refractivity contribution in [1.29, 1.82) is 0 Å². The zero-order valence-corrected chi connectivity index (χ0v) is 17.2. The van der Waals surface area contributed by atoms with Crippen molar-refractivity contribution in [3.63, 3.8) is 0 Å². The van der Waals surface area contributed by atoms with Crippen molar-refractivity contribution in [2.75, 3.05) is 13.7 Å². The Morgan fingerprint density at radius 1 is 0.933 bits per heavy atom. The summed E-state index contributed by atoms with van der Waals surface area (Å²) < 4.78 is 28.5. The van der Waals surface area contributed by atoms with Gasteiger partial charge in [-0.05, 0) is 11.1 Å². The smallest absolute Gasteiger partial charge is 0.302 e. The number of carbonyl (C=O) groups excluding carboxylic acids is 1. The van der Waals surface area contributed by atoms with Crippen LogP contribution in [0.4, 0.5) is 0 Å². The number of aliphatic hydroxyl groups excluding tert-OH is 1. The van der Waals surface area contributed by atoms with Gasteiger partial charge in [0.05, 0.1) is 13.2 Å². The first-order valence-corrected chi connectivity index (χ1v) is 9.89. The molecule has 1 saturated heterocycles. The molecule has 0 saturated carbocycles. The highest BCUT2D eigenvalue weighted by Gasteiger charge is 2.47. The molecular formula is C23H28O7. The maximum absolute atomic E-state index is 11.2. The third-order valence-electron chi connectivity index (χ3n) is 4.87. The van der Waals surface area contributed by atoms with Crippen molar-refractivity contribution in [2.24, 2.45) is 0 Å². The number of carbonyl (C=O) groups is 1. The number of benzene rings is 2. The van der Waals surface area contributed by atoms with Gasteiger partial charge in [0, 0.05) is 14.0 Å². The van der Waals surface area contributed by atoms with Gasteiger partial charge >= 0.3 is 5.97 Å². The summed E-state index contributed by atoms with van der Waals surface area (Å²) >= 11 is 0. The summed E-state index contributed by atoms with van der Waals surface area (Å²) in [6, 6.07) is 19.3. The maximum Gasteiger partial charge on any atom is 0.302 e. The molecule has 0 bridgehead atoms. The van der Waals surface area contributed by atoms with Crippen LogP contribution >= 0.6 is 0 Å². The Balaban J connectivity index is 1.75. The number of methoxy groups -OCH3 is 1. The van der Waals surface area contributed by atoms with Crippen molar-refractivity contribution >= 4 is 5.97 Å². The van der Waals surface area contributed by atoms with Crippen LogP contribution in [0.2, 0.25) is 0 Å². The topological polar surface area (TPSA) is 83.5 Å². The van der Waals surface area contributed by atoms with Crippen LogP contribution in [0.25, 0.3) is 0 Å². The van der Waals surface area contributed by atoms with E-state index >= 15 is 0 Å². The highest BCUT2D eigenvalue weighted by Crippen LogP contribution is 2.28. The Labute approximate surface area is 176 Å². The van der Waals surface area contributed by atoms with E-state index in [0.29, 0.717) is 6.61 Å². The second-order valence-corrected chi connectivity index (χ2v) is 7.09. The van der Waals surface area contributed by atoms with Gasteiger partial charge < -0.3 is 28.8 Å². The highest BCUT2D eigenvalue weighted by atomic mass is 16.7. The normalized spacial score (nSPS) is 26.3. The fourth-order valence-corrected chi connectivity index (χ4v) is 3.32. The predicted octanol–water partition coefficient (Wildman–Crippen LogP) is 2.45. The van der Waals surface area contributed by atoms with Crippen LogP contribution < -0.4 is 0 Å². The van der Waals surface area contributed by atoms with E-state index in [4.69, 9.17) is 23.7 Å². The number of rotatable bonds is 9. The van der Waals surface area contributed by atoms with Crippen molar-refractivity contribution in [3.8, 4) is 0 Å². The van der Waals surface area contributed by atoms with Gasteiger partial charge in [0.15, 0.2) is 6.29 Å². The molecule has 0 spiro atoms. The van der Waals surface area contributed by atoms with E-state index in [0.717, 1.165) is 11.1 Å². The molecule has 1 aliphatic rings. The Bertz CT molecular complexity index is 768. The zero-order valence-electron chi connectivity index (χ0n) is 17.2. The molecule has 7 heteroatoms. The molecule has 0 radical (unpaired) electrons. The molecule has 0 aromatic heterocycles.